The maximum Gasteiger partial charge on any atom is 0.295 e. The van der Waals surface area contributed by atoms with Gasteiger partial charge in [-0.25, -0.2) is 0 Å². The molecule has 7 nitrogen and oxygen atoms in total. The number of aryl methyl sites for hydroxylation is 2. The Labute approximate surface area is 124 Å². The zero-order chi connectivity index (χ0) is 15.6. The molecule has 0 saturated carbocycles. The van der Waals surface area contributed by atoms with E-state index in [1.54, 1.807) is 30.9 Å². The Morgan fingerprint density at radius 1 is 1.38 bits per heavy atom. The summed E-state index contributed by atoms with van der Waals surface area (Å²) in [4.78, 5) is 0. The van der Waals surface area contributed by atoms with Gasteiger partial charge in [0.1, 0.15) is 5.76 Å². The lowest BCUT2D eigenvalue weighted by atomic mass is 10.3. The molecule has 2 aromatic rings. The van der Waals surface area contributed by atoms with Crippen molar-refractivity contribution in [1.29, 1.82) is 0 Å². The SMILES string of the molecule is Cc1nn(C)cc1NS(=O)(=O)c1ccc(CNC(C)C)o1. The fourth-order valence-corrected chi connectivity index (χ4v) is 2.85. The molecular formula is C13H20N4O3S. The van der Waals surface area contributed by atoms with Crippen LogP contribution in [0.25, 0.3) is 0 Å². The van der Waals surface area contributed by atoms with E-state index in [0.717, 1.165) is 0 Å². The van der Waals surface area contributed by atoms with E-state index in [1.807, 2.05) is 13.8 Å². The molecule has 8 heteroatoms. The van der Waals surface area contributed by atoms with Crippen LogP contribution in [0.2, 0.25) is 0 Å². The molecule has 0 radical (unpaired) electrons. The number of furan rings is 1. The van der Waals surface area contributed by atoms with Gasteiger partial charge in [0, 0.05) is 19.3 Å². The highest BCUT2D eigenvalue weighted by Gasteiger charge is 2.20. The first-order chi connectivity index (χ1) is 9.78. The van der Waals surface area contributed by atoms with Crippen LogP contribution < -0.4 is 10.0 Å². The van der Waals surface area contributed by atoms with Crippen LogP contribution in [0.3, 0.4) is 0 Å². The molecule has 0 unspecified atom stereocenters. The minimum Gasteiger partial charge on any atom is -0.446 e. The van der Waals surface area contributed by atoms with Crippen LogP contribution in [0.15, 0.2) is 27.8 Å². The van der Waals surface area contributed by atoms with Crippen LogP contribution in [0.4, 0.5) is 5.69 Å². The molecule has 2 heterocycles. The van der Waals surface area contributed by atoms with Gasteiger partial charge in [0.15, 0.2) is 0 Å². The summed E-state index contributed by atoms with van der Waals surface area (Å²) in [5.74, 6) is 0.576. The minimum atomic E-state index is -3.74. The highest BCUT2D eigenvalue weighted by Crippen LogP contribution is 2.20. The van der Waals surface area contributed by atoms with Crippen LogP contribution in [-0.4, -0.2) is 24.2 Å². The molecule has 0 atom stereocenters. The van der Waals surface area contributed by atoms with Crippen LogP contribution in [0.1, 0.15) is 25.3 Å². The van der Waals surface area contributed by atoms with Gasteiger partial charge in [-0.15, -0.1) is 0 Å². The smallest absolute Gasteiger partial charge is 0.295 e. The van der Waals surface area contributed by atoms with Gasteiger partial charge in [0.05, 0.1) is 17.9 Å². The van der Waals surface area contributed by atoms with Crippen molar-refractivity contribution >= 4 is 15.7 Å². The number of hydrogen-bond acceptors (Lipinski definition) is 5. The fraction of sp³-hybridized carbons (Fsp3) is 0.462. The maximum absolute atomic E-state index is 12.3. The third-order valence-electron chi connectivity index (χ3n) is 2.84. The molecule has 0 aromatic carbocycles. The zero-order valence-corrected chi connectivity index (χ0v) is 13.4. The topological polar surface area (TPSA) is 89.2 Å². The number of rotatable bonds is 6. The summed E-state index contributed by atoms with van der Waals surface area (Å²) in [7, 11) is -2.01. The van der Waals surface area contributed by atoms with E-state index in [4.69, 9.17) is 4.42 Å². The molecule has 116 valence electrons. The lowest BCUT2D eigenvalue weighted by Crippen LogP contribution is -2.21. The quantitative estimate of drug-likeness (QED) is 0.846. The van der Waals surface area contributed by atoms with E-state index in [0.29, 0.717) is 29.7 Å². The van der Waals surface area contributed by atoms with Crippen molar-refractivity contribution in [2.45, 2.75) is 38.5 Å². The second-order valence-electron chi connectivity index (χ2n) is 5.16. The molecule has 0 fully saturated rings. The molecule has 21 heavy (non-hydrogen) atoms. The Morgan fingerprint density at radius 3 is 2.67 bits per heavy atom. The summed E-state index contributed by atoms with van der Waals surface area (Å²) >= 11 is 0. The molecule has 2 N–H and O–H groups in total. The van der Waals surface area contributed by atoms with Gasteiger partial charge in [-0.05, 0) is 19.1 Å². The molecule has 0 amide bonds. The van der Waals surface area contributed by atoms with Crippen molar-refractivity contribution in [1.82, 2.24) is 15.1 Å². The predicted octanol–water partition coefficient (Wildman–Crippen LogP) is 1.62. The highest BCUT2D eigenvalue weighted by molar-refractivity contribution is 7.92. The van der Waals surface area contributed by atoms with Crippen molar-refractivity contribution in [3.63, 3.8) is 0 Å². The third kappa shape index (κ3) is 3.85. The lowest BCUT2D eigenvalue weighted by Gasteiger charge is -2.06. The van der Waals surface area contributed by atoms with E-state index < -0.39 is 10.0 Å². The molecule has 0 bridgehead atoms. The molecule has 2 rings (SSSR count). The van der Waals surface area contributed by atoms with Crippen LogP contribution in [-0.2, 0) is 23.6 Å². The van der Waals surface area contributed by atoms with E-state index in [-0.39, 0.29) is 5.09 Å². The number of nitrogens with one attached hydrogen (secondary N) is 2. The van der Waals surface area contributed by atoms with E-state index >= 15 is 0 Å². The standard InChI is InChI=1S/C13H20N4O3S/c1-9(2)14-7-11-5-6-13(20-11)21(18,19)16-12-8-17(4)15-10(12)3/h5-6,8-9,14,16H,7H2,1-4H3. The summed E-state index contributed by atoms with van der Waals surface area (Å²) in [5, 5.41) is 7.15. The van der Waals surface area contributed by atoms with Gasteiger partial charge in [-0.3, -0.25) is 9.40 Å². The average Bonchev–Trinajstić information content (AvgIpc) is 2.94. The zero-order valence-electron chi connectivity index (χ0n) is 12.5. The maximum atomic E-state index is 12.3. The van der Waals surface area contributed by atoms with E-state index in [9.17, 15) is 8.42 Å². The Hall–Kier alpha value is -1.80. The fourth-order valence-electron chi connectivity index (χ4n) is 1.80. The van der Waals surface area contributed by atoms with Gasteiger partial charge in [-0.1, -0.05) is 13.8 Å². The molecule has 0 aliphatic carbocycles. The summed E-state index contributed by atoms with van der Waals surface area (Å²) in [5.41, 5.74) is 1.05. The first kappa shape index (κ1) is 15.6. The minimum absolute atomic E-state index is 0.105. The summed E-state index contributed by atoms with van der Waals surface area (Å²) < 4.78 is 33.9. The van der Waals surface area contributed by atoms with Crippen molar-refractivity contribution < 1.29 is 12.8 Å². The molecule has 0 saturated heterocycles. The number of aromatic nitrogens is 2. The first-order valence-corrected chi connectivity index (χ1v) is 8.11. The highest BCUT2D eigenvalue weighted by atomic mass is 32.2. The Kier molecular flexibility index (Phi) is 4.38. The molecule has 2 aromatic heterocycles. The van der Waals surface area contributed by atoms with Gasteiger partial charge < -0.3 is 9.73 Å². The van der Waals surface area contributed by atoms with Gasteiger partial charge >= 0.3 is 0 Å². The van der Waals surface area contributed by atoms with Crippen molar-refractivity contribution in [2.24, 2.45) is 7.05 Å². The number of sulfonamides is 1. The Morgan fingerprint density at radius 2 is 2.10 bits per heavy atom. The molecular weight excluding hydrogens is 292 g/mol. The van der Waals surface area contributed by atoms with Crippen molar-refractivity contribution in [3.05, 3.63) is 29.8 Å². The number of anilines is 1. The lowest BCUT2D eigenvalue weighted by molar-refractivity contribution is 0.396. The molecule has 0 aliphatic rings. The predicted molar refractivity (Wildman–Crippen MR) is 79.4 cm³/mol. The second-order valence-corrected chi connectivity index (χ2v) is 6.78. The van der Waals surface area contributed by atoms with Gasteiger partial charge in [0.2, 0.25) is 5.09 Å². The second kappa shape index (κ2) is 5.90. The van der Waals surface area contributed by atoms with Crippen LogP contribution in [0, 0.1) is 6.92 Å². The molecule has 0 aliphatic heterocycles. The Bertz CT molecular complexity index is 716. The summed E-state index contributed by atoms with van der Waals surface area (Å²) in [6.07, 6.45) is 1.61. The van der Waals surface area contributed by atoms with Gasteiger partial charge in [-0.2, -0.15) is 13.5 Å². The normalized spacial score (nSPS) is 12.0. The van der Waals surface area contributed by atoms with E-state index in [1.165, 1.54) is 6.07 Å². The third-order valence-corrected chi connectivity index (χ3v) is 4.08. The van der Waals surface area contributed by atoms with Crippen molar-refractivity contribution in [3.8, 4) is 0 Å². The Balaban J connectivity index is 2.14. The molecule has 0 spiro atoms. The number of hydrogen-bond donors (Lipinski definition) is 2. The van der Waals surface area contributed by atoms with E-state index in [2.05, 4.69) is 15.1 Å². The van der Waals surface area contributed by atoms with Crippen LogP contribution in [0.5, 0.6) is 0 Å². The first-order valence-electron chi connectivity index (χ1n) is 6.63. The largest absolute Gasteiger partial charge is 0.446 e. The van der Waals surface area contributed by atoms with Crippen LogP contribution >= 0.6 is 0 Å². The number of nitrogens with zero attached hydrogens (tertiary/aromatic N) is 2. The summed E-state index contributed by atoms with van der Waals surface area (Å²) in [6.45, 7) is 6.23. The van der Waals surface area contributed by atoms with Gasteiger partial charge in [0.25, 0.3) is 10.0 Å². The monoisotopic (exact) mass is 312 g/mol. The summed E-state index contributed by atoms with van der Waals surface area (Å²) in [6, 6.07) is 3.40. The average molecular weight is 312 g/mol. The van der Waals surface area contributed by atoms with Crippen molar-refractivity contribution in [2.75, 3.05) is 4.72 Å².